The second-order valence-electron chi connectivity index (χ2n) is 4.38. The normalized spacial score (nSPS) is 12.6. The molecule has 104 valence electrons. The Morgan fingerprint density at radius 1 is 1.06 bits per heavy atom. The lowest BCUT2D eigenvalue weighted by molar-refractivity contribution is 0.151. The SMILES string of the molecule is CCCS(=O)(=O)CCN(CCO)C(CC)CC. The van der Waals surface area contributed by atoms with Crippen molar-refractivity contribution < 1.29 is 13.5 Å². The fourth-order valence-corrected chi connectivity index (χ4v) is 3.42. The third-order valence-electron chi connectivity index (χ3n) is 3.05. The molecule has 0 aliphatic carbocycles. The molecule has 0 atom stereocenters. The van der Waals surface area contributed by atoms with Crippen molar-refractivity contribution in [1.29, 1.82) is 0 Å². The van der Waals surface area contributed by atoms with Gasteiger partial charge in [-0.1, -0.05) is 20.8 Å². The van der Waals surface area contributed by atoms with E-state index in [4.69, 9.17) is 5.11 Å². The highest BCUT2D eigenvalue weighted by atomic mass is 32.2. The van der Waals surface area contributed by atoms with Gasteiger partial charge < -0.3 is 5.11 Å². The average molecular weight is 265 g/mol. The summed E-state index contributed by atoms with van der Waals surface area (Å²) in [5, 5.41) is 9.02. The van der Waals surface area contributed by atoms with Gasteiger partial charge in [-0.3, -0.25) is 4.90 Å². The van der Waals surface area contributed by atoms with Crippen LogP contribution in [0, 0.1) is 0 Å². The molecular weight excluding hydrogens is 238 g/mol. The summed E-state index contributed by atoms with van der Waals surface area (Å²) in [6.07, 6.45) is 2.65. The molecular formula is C12H27NO3S. The molecule has 5 heteroatoms. The van der Waals surface area contributed by atoms with E-state index in [2.05, 4.69) is 18.7 Å². The second-order valence-corrected chi connectivity index (χ2v) is 6.69. The standard InChI is InChI=1S/C12H27NO3S/c1-4-10-17(15,16)11-8-13(7-9-14)12(5-2)6-3/h12,14H,4-11H2,1-3H3. The Kier molecular flexibility index (Phi) is 8.82. The van der Waals surface area contributed by atoms with Crippen LogP contribution in [0.5, 0.6) is 0 Å². The molecule has 0 amide bonds. The van der Waals surface area contributed by atoms with Crippen LogP contribution in [0.4, 0.5) is 0 Å². The molecule has 4 nitrogen and oxygen atoms in total. The van der Waals surface area contributed by atoms with Crippen molar-refractivity contribution >= 4 is 9.84 Å². The summed E-state index contributed by atoms with van der Waals surface area (Å²) in [7, 11) is -2.92. The van der Waals surface area contributed by atoms with Gasteiger partial charge >= 0.3 is 0 Å². The Bertz CT molecular complexity index is 273. The van der Waals surface area contributed by atoms with E-state index in [0.717, 1.165) is 12.8 Å². The fourth-order valence-electron chi connectivity index (χ4n) is 2.08. The van der Waals surface area contributed by atoms with Crippen LogP contribution < -0.4 is 0 Å². The second kappa shape index (κ2) is 8.89. The molecule has 0 heterocycles. The summed E-state index contributed by atoms with van der Waals surface area (Å²) in [5.74, 6) is 0.472. The molecule has 1 N–H and O–H groups in total. The topological polar surface area (TPSA) is 57.6 Å². The van der Waals surface area contributed by atoms with Crippen molar-refractivity contribution in [2.75, 3.05) is 31.2 Å². The van der Waals surface area contributed by atoms with E-state index < -0.39 is 9.84 Å². The minimum atomic E-state index is -2.92. The Balaban J connectivity index is 4.35. The zero-order valence-electron chi connectivity index (χ0n) is 11.4. The zero-order chi connectivity index (χ0) is 13.3. The van der Waals surface area contributed by atoms with Crippen LogP contribution in [-0.2, 0) is 9.84 Å². The maximum Gasteiger partial charge on any atom is 0.151 e. The first-order valence-electron chi connectivity index (χ1n) is 6.56. The highest BCUT2D eigenvalue weighted by Crippen LogP contribution is 2.08. The molecule has 0 aromatic rings. The van der Waals surface area contributed by atoms with Crippen LogP contribution >= 0.6 is 0 Å². The first kappa shape index (κ1) is 16.9. The number of sulfone groups is 1. The van der Waals surface area contributed by atoms with Gasteiger partial charge in [0.2, 0.25) is 0 Å². The summed E-state index contributed by atoms with van der Waals surface area (Å²) in [5.41, 5.74) is 0. The van der Waals surface area contributed by atoms with E-state index in [1.165, 1.54) is 0 Å². The van der Waals surface area contributed by atoms with Gasteiger partial charge in [0.1, 0.15) is 0 Å². The summed E-state index contributed by atoms with van der Waals surface area (Å²) in [6.45, 7) is 7.26. The first-order valence-corrected chi connectivity index (χ1v) is 8.38. The molecule has 0 aromatic carbocycles. The third-order valence-corrected chi connectivity index (χ3v) is 4.89. The lowest BCUT2D eigenvalue weighted by atomic mass is 10.1. The van der Waals surface area contributed by atoms with E-state index in [1.807, 2.05) is 6.92 Å². The molecule has 0 saturated carbocycles. The number of aliphatic hydroxyl groups is 1. The van der Waals surface area contributed by atoms with Crippen LogP contribution in [-0.4, -0.2) is 55.7 Å². The largest absolute Gasteiger partial charge is 0.395 e. The number of aliphatic hydroxyl groups excluding tert-OH is 1. The number of rotatable bonds is 10. The van der Waals surface area contributed by atoms with E-state index in [0.29, 0.717) is 25.6 Å². The highest BCUT2D eigenvalue weighted by Gasteiger charge is 2.17. The first-order chi connectivity index (χ1) is 8.00. The Morgan fingerprint density at radius 2 is 1.65 bits per heavy atom. The summed E-state index contributed by atoms with van der Waals surface area (Å²) < 4.78 is 23.3. The molecule has 0 spiro atoms. The van der Waals surface area contributed by atoms with Crippen molar-refractivity contribution in [3.8, 4) is 0 Å². The van der Waals surface area contributed by atoms with Gasteiger partial charge in [0.25, 0.3) is 0 Å². The van der Waals surface area contributed by atoms with E-state index in [-0.39, 0.29) is 18.1 Å². The van der Waals surface area contributed by atoms with E-state index in [9.17, 15) is 8.42 Å². The number of nitrogens with zero attached hydrogens (tertiary/aromatic N) is 1. The summed E-state index contributed by atoms with van der Waals surface area (Å²) in [6, 6.07) is 0.374. The predicted molar refractivity (Wildman–Crippen MR) is 72.0 cm³/mol. The maximum absolute atomic E-state index is 11.6. The number of hydrogen-bond donors (Lipinski definition) is 1. The van der Waals surface area contributed by atoms with Crippen molar-refractivity contribution in [2.24, 2.45) is 0 Å². The van der Waals surface area contributed by atoms with Crippen molar-refractivity contribution in [3.05, 3.63) is 0 Å². The third kappa shape index (κ3) is 7.01. The van der Waals surface area contributed by atoms with Gasteiger partial charge in [-0.05, 0) is 19.3 Å². The van der Waals surface area contributed by atoms with Gasteiger partial charge in [-0.25, -0.2) is 8.42 Å². The molecule has 17 heavy (non-hydrogen) atoms. The molecule has 0 radical (unpaired) electrons. The predicted octanol–water partition coefficient (Wildman–Crippen LogP) is 1.29. The van der Waals surface area contributed by atoms with E-state index >= 15 is 0 Å². The summed E-state index contributed by atoms with van der Waals surface area (Å²) >= 11 is 0. The quantitative estimate of drug-likeness (QED) is 0.647. The van der Waals surface area contributed by atoms with Gasteiger partial charge in [-0.15, -0.1) is 0 Å². The van der Waals surface area contributed by atoms with E-state index in [1.54, 1.807) is 0 Å². The monoisotopic (exact) mass is 265 g/mol. The molecule has 0 aliphatic heterocycles. The van der Waals surface area contributed by atoms with Gasteiger partial charge in [0, 0.05) is 24.9 Å². The lowest BCUT2D eigenvalue weighted by Crippen LogP contribution is -2.40. The van der Waals surface area contributed by atoms with Crippen LogP contribution in [0.1, 0.15) is 40.0 Å². The van der Waals surface area contributed by atoms with Crippen LogP contribution in [0.25, 0.3) is 0 Å². The van der Waals surface area contributed by atoms with Crippen LogP contribution in [0.15, 0.2) is 0 Å². The van der Waals surface area contributed by atoms with Crippen molar-refractivity contribution in [2.45, 2.75) is 46.1 Å². The minimum Gasteiger partial charge on any atom is -0.395 e. The molecule has 0 bridgehead atoms. The molecule has 0 fully saturated rings. The van der Waals surface area contributed by atoms with Gasteiger partial charge in [0.15, 0.2) is 9.84 Å². The average Bonchev–Trinajstić information content (AvgIpc) is 2.27. The van der Waals surface area contributed by atoms with Crippen molar-refractivity contribution in [1.82, 2.24) is 4.90 Å². The van der Waals surface area contributed by atoms with Gasteiger partial charge in [-0.2, -0.15) is 0 Å². The highest BCUT2D eigenvalue weighted by molar-refractivity contribution is 7.91. The summed E-state index contributed by atoms with van der Waals surface area (Å²) in [4.78, 5) is 2.09. The minimum absolute atomic E-state index is 0.0876. The van der Waals surface area contributed by atoms with Crippen LogP contribution in [0.3, 0.4) is 0 Å². The number of hydrogen-bond acceptors (Lipinski definition) is 4. The molecule has 0 aliphatic rings. The Labute approximate surface area is 106 Å². The Hall–Kier alpha value is -0.130. The smallest absolute Gasteiger partial charge is 0.151 e. The Morgan fingerprint density at radius 3 is 2.06 bits per heavy atom. The lowest BCUT2D eigenvalue weighted by Gasteiger charge is -2.29. The molecule has 0 saturated heterocycles. The molecule has 0 aromatic heterocycles. The van der Waals surface area contributed by atoms with Crippen molar-refractivity contribution in [3.63, 3.8) is 0 Å². The fraction of sp³-hybridized carbons (Fsp3) is 1.00. The van der Waals surface area contributed by atoms with Gasteiger partial charge in [0.05, 0.1) is 12.4 Å². The maximum atomic E-state index is 11.6. The zero-order valence-corrected chi connectivity index (χ0v) is 12.2. The molecule has 0 rings (SSSR count). The van der Waals surface area contributed by atoms with Crippen LogP contribution in [0.2, 0.25) is 0 Å². The molecule has 0 unspecified atom stereocenters.